The zero-order valence-electron chi connectivity index (χ0n) is 42.3. The van der Waals surface area contributed by atoms with Crippen LogP contribution in [0.15, 0.2) is 65.1 Å². The maximum Gasteiger partial charge on any atom is 0.304 e. The number of unbranched alkanes of at least 4 members (excludes halogenated alkanes) is 24. The number of allylic oxidation sites excluding steroid dienone is 2. The van der Waals surface area contributed by atoms with Crippen LogP contribution in [-0.4, -0.2) is 19.7 Å². The molecular weight excluding hydrogens is 861 g/mol. The summed E-state index contributed by atoms with van der Waals surface area (Å²) in [6, 6.07) is 17.8. The van der Waals surface area contributed by atoms with Crippen LogP contribution >= 0.6 is 22.7 Å². The van der Waals surface area contributed by atoms with Crippen LogP contribution in [0.25, 0.3) is 31.1 Å². The summed E-state index contributed by atoms with van der Waals surface area (Å²) < 4.78 is 13.6. The number of hydrogen-bond donors (Lipinski definition) is 0. The highest BCUT2D eigenvalue weighted by Crippen LogP contribution is 2.57. The molecule has 0 amide bonds. The predicted molar refractivity (Wildman–Crippen MR) is 286 cm³/mol. The number of anilines is 1. The topological polar surface area (TPSA) is 73.6 Å². The highest BCUT2D eigenvalue weighted by atomic mass is 32.1. The van der Waals surface area contributed by atoms with Crippen molar-refractivity contribution in [3.8, 4) is 38.1 Å². The molecule has 0 spiro atoms. The van der Waals surface area contributed by atoms with Gasteiger partial charge < -0.3 is 14.4 Å². The van der Waals surface area contributed by atoms with Gasteiger partial charge in [-0.15, -0.1) is 22.7 Å². The van der Waals surface area contributed by atoms with Gasteiger partial charge in [0.2, 0.25) is 0 Å². The number of nitrogens with zero attached hydrogens (tertiary/aromatic N) is 4. The first-order chi connectivity index (χ1) is 32.6. The van der Waals surface area contributed by atoms with Crippen molar-refractivity contribution in [3.05, 3.63) is 86.9 Å². The van der Waals surface area contributed by atoms with E-state index in [1.54, 1.807) is 11.3 Å². The van der Waals surface area contributed by atoms with Gasteiger partial charge in [-0.25, -0.2) is 10.1 Å². The summed E-state index contributed by atoms with van der Waals surface area (Å²) in [6.45, 7) is 15.9. The molecule has 1 aromatic carbocycles. The summed E-state index contributed by atoms with van der Waals surface area (Å²) in [4.78, 5) is 10.3. The van der Waals surface area contributed by atoms with Crippen molar-refractivity contribution in [2.24, 2.45) is 0 Å². The number of hydrogen-bond acceptors (Lipinski definition) is 7. The smallest absolute Gasteiger partial charge is 0.304 e. The van der Waals surface area contributed by atoms with Crippen LogP contribution in [0.2, 0.25) is 0 Å². The normalized spacial score (nSPS) is 15.4. The molecule has 5 rings (SSSR count). The summed E-state index contributed by atoms with van der Waals surface area (Å²) in [5.74, 6) is 1.02. The van der Waals surface area contributed by atoms with E-state index < -0.39 is 11.2 Å². The number of rotatable bonds is 32. The Morgan fingerprint density at radius 2 is 1.15 bits per heavy atom. The molecule has 362 valence electrons. The summed E-state index contributed by atoms with van der Waals surface area (Å²) in [5.41, 5.74) is 3.21. The molecule has 2 aromatic heterocycles. The fourth-order valence-corrected chi connectivity index (χ4v) is 12.3. The van der Waals surface area contributed by atoms with Crippen molar-refractivity contribution >= 4 is 34.4 Å². The molecule has 0 aliphatic carbocycles. The second-order valence-corrected chi connectivity index (χ2v) is 22.1. The number of fused-ring (bicyclic) bond motifs is 3. The molecule has 2 aliphatic heterocycles. The molecule has 4 heterocycles. The van der Waals surface area contributed by atoms with Gasteiger partial charge in [0, 0.05) is 40.7 Å². The van der Waals surface area contributed by atoms with E-state index in [4.69, 9.17) is 16.0 Å². The number of nitriles is 2. The summed E-state index contributed by atoms with van der Waals surface area (Å²) in [7, 11) is 4.18. The summed E-state index contributed by atoms with van der Waals surface area (Å²) >= 11 is 3.63. The Hall–Kier alpha value is -4.29. The molecule has 67 heavy (non-hydrogen) atoms. The second kappa shape index (κ2) is 28.3. The van der Waals surface area contributed by atoms with Crippen LogP contribution < -0.4 is 9.64 Å². The number of benzene rings is 1. The molecule has 8 heteroatoms. The summed E-state index contributed by atoms with van der Waals surface area (Å²) in [5, 5.41) is 19.8. The highest BCUT2D eigenvalue weighted by Gasteiger charge is 2.43. The lowest BCUT2D eigenvalue weighted by molar-refractivity contribution is 0.0397. The van der Waals surface area contributed by atoms with E-state index in [0.29, 0.717) is 5.57 Å². The maximum absolute atomic E-state index is 10.2. The minimum absolute atomic E-state index is 0.0685. The van der Waals surface area contributed by atoms with Crippen LogP contribution in [0.1, 0.15) is 218 Å². The molecule has 0 bridgehead atoms. The molecule has 0 radical (unpaired) electrons. The zero-order valence-corrected chi connectivity index (χ0v) is 44.0. The first-order valence-electron chi connectivity index (χ1n) is 26.4. The van der Waals surface area contributed by atoms with E-state index in [0.717, 1.165) is 36.3 Å². The van der Waals surface area contributed by atoms with Crippen LogP contribution in [-0.2, 0) is 10.3 Å². The van der Waals surface area contributed by atoms with Gasteiger partial charge in [-0.2, -0.15) is 5.26 Å². The van der Waals surface area contributed by atoms with Gasteiger partial charge in [-0.05, 0) is 75.4 Å². The zero-order chi connectivity index (χ0) is 47.9. The molecule has 6 nitrogen and oxygen atoms in total. The van der Waals surface area contributed by atoms with Gasteiger partial charge in [0.15, 0.2) is 5.76 Å². The Morgan fingerprint density at radius 1 is 0.657 bits per heavy atom. The van der Waals surface area contributed by atoms with E-state index in [1.165, 1.54) is 186 Å². The Kier molecular flexibility index (Phi) is 22.6. The third-order valence-corrected chi connectivity index (χ3v) is 16.4. The van der Waals surface area contributed by atoms with Crippen molar-refractivity contribution < 1.29 is 9.47 Å². The lowest BCUT2D eigenvalue weighted by Gasteiger charge is -2.38. The Balaban J connectivity index is 1.37. The number of thiophene rings is 2. The third-order valence-electron chi connectivity index (χ3n) is 13.9. The van der Waals surface area contributed by atoms with Crippen LogP contribution in [0.5, 0.6) is 5.75 Å². The fourth-order valence-electron chi connectivity index (χ4n) is 9.93. The van der Waals surface area contributed by atoms with E-state index in [-0.39, 0.29) is 17.0 Å². The van der Waals surface area contributed by atoms with Crippen LogP contribution in [0.4, 0.5) is 5.69 Å². The molecular formula is C59H82N4O2S2. The standard InChI is InChI=1S/C59H82N4O2S2/c1-8-10-12-14-16-18-20-22-24-26-28-30-32-40-59(41-33-31-29-27-25-23-21-19-17-15-13-11-9-2)51-43-54(46-34-36-47(37-35-46)63(6)7)67-56(51)57-53(64-59)42-48(66-57)38-39-50-49(44-60)55(52(45-61)62-5)65-58(50,3)4/h34-39,42-43H,8-33,40-41H2,1-4,6-7H3/b39-38+,55-52-. The van der Waals surface area contributed by atoms with Crippen molar-refractivity contribution in [2.45, 2.75) is 219 Å². The largest absolute Gasteiger partial charge is 0.492 e. The molecule has 0 atom stereocenters. The van der Waals surface area contributed by atoms with E-state index in [1.807, 2.05) is 43.4 Å². The van der Waals surface area contributed by atoms with E-state index in [9.17, 15) is 10.5 Å². The molecule has 0 saturated carbocycles. The van der Waals surface area contributed by atoms with Crippen LogP contribution in [0, 0.1) is 29.2 Å². The van der Waals surface area contributed by atoms with Gasteiger partial charge in [-0.3, -0.25) is 0 Å². The minimum atomic E-state index is -0.869. The molecule has 2 aliphatic rings. The van der Waals surface area contributed by atoms with Gasteiger partial charge in [0.1, 0.15) is 23.0 Å². The quantitative estimate of drug-likeness (QED) is 0.0354. The lowest BCUT2D eigenvalue weighted by Crippen LogP contribution is -2.35. The molecule has 0 unspecified atom stereocenters. The second-order valence-electron chi connectivity index (χ2n) is 20.0. The first kappa shape index (κ1) is 53.7. The van der Waals surface area contributed by atoms with Crippen molar-refractivity contribution in [1.82, 2.24) is 0 Å². The summed E-state index contributed by atoms with van der Waals surface area (Å²) in [6.07, 6.45) is 40.8. The van der Waals surface area contributed by atoms with Gasteiger partial charge in [0.05, 0.1) is 28.0 Å². The maximum atomic E-state index is 10.2. The number of ether oxygens (including phenoxy) is 2. The average Bonchev–Trinajstić information content (AvgIpc) is 4.02. The molecule has 0 N–H and O–H groups in total. The Bertz CT molecular complexity index is 2150. The van der Waals surface area contributed by atoms with Crippen molar-refractivity contribution in [2.75, 3.05) is 19.0 Å². The van der Waals surface area contributed by atoms with E-state index in [2.05, 4.69) is 80.2 Å². The van der Waals surface area contributed by atoms with Crippen molar-refractivity contribution in [1.29, 1.82) is 10.5 Å². The monoisotopic (exact) mass is 943 g/mol. The fraction of sp³-hybridized carbons (Fsp3) is 0.610. The van der Waals surface area contributed by atoms with Gasteiger partial charge in [0.25, 0.3) is 0 Å². The first-order valence-corrected chi connectivity index (χ1v) is 28.0. The molecule has 0 saturated heterocycles. The van der Waals surface area contributed by atoms with Gasteiger partial charge in [-0.1, -0.05) is 186 Å². The third kappa shape index (κ3) is 15.6. The lowest BCUT2D eigenvalue weighted by atomic mass is 9.81. The Labute approximate surface area is 415 Å². The highest BCUT2D eigenvalue weighted by molar-refractivity contribution is 7.24. The SMILES string of the molecule is [C-]#[N+]/C(C#N)=C1\OC(C)(C)C(/C=C/c2cc3c(s2)-c2sc(-c4ccc(N(C)C)cc4)cc2C(CCCCCCCCCCCCCCC)(CCCCCCCCCCCCCCC)O3)=C1C#N. The average molecular weight is 943 g/mol. The van der Waals surface area contributed by atoms with Crippen molar-refractivity contribution in [3.63, 3.8) is 0 Å². The Morgan fingerprint density at radius 3 is 1.60 bits per heavy atom. The predicted octanol–water partition coefficient (Wildman–Crippen LogP) is 19.1. The van der Waals surface area contributed by atoms with Gasteiger partial charge >= 0.3 is 5.70 Å². The minimum Gasteiger partial charge on any atom is -0.492 e. The van der Waals surface area contributed by atoms with Crippen LogP contribution in [0.3, 0.4) is 0 Å². The molecule has 0 fully saturated rings. The molecule has 3 aromatic rings. The van der Waals surface area contributed by atoms with E-state index >= 15 is 0 Å².